The smallest absolute Gasteiger partial charge is 0.274 e. The van der Waals surface area contributed by atoms with Crippen LogP contribution in [0.2, 0.25) is 0 Å². The second-order valence-corrected chi connectivity index (χ2v) is 6.26. The van der Waals surface area contributed by atoms with Gasteiger partial charge >= 0.3 is 6.03 Å². The molecule has 5 heteroatoms. The van der Waals surface area contributed by atoms with Gasteiger partial charge in [-0.15, -0.1) is 0 Å². The van der Waals surface area contributed by atoms with E-state index in [4.69, 9.17) is 0 Å². The maximum absolute atomic E-state index is 12.2. The summed E-state index contributed by atoms with van der Waals surface area (Å²) in [5.74, 6) is -0.846. The Morgan fingerprint density at radius 3 is 1.29 bits per heavy atom. The third kappa shape index (κ3) is 2.48. The number of imide groups is 2. The molecule has 0 spiro atoms. The maximum atomic E-state index is 12.2. The van der Waals surface area contributed by atoms with Gasteiger partial charge in [-0.1, -0.05) is 0 Å². The molecule has 0 radical (unpaired) electrons. The van der Waals surface area contributed by atoms with Gasteiger partial charge in [0, 0.05) is 11.1 Å². The predicted molar refractivity (Wildman–Crippen MR) is 63.2 cm³/mol. The molecule has 0 aromatic rings. The van der Waals surface area contributed by atoms with Gasteiger partial charge in [0.1, 0.15) is 6.42 Å². The summed E-state index contributed by atoms with van der Waals surface area (Å²) in [6.45, 7) is 10.7. The van der Waals surface area contributed by atoms with Crippen LogP contribution in [0.15, 0.2) is 0 Å². The van der Waals surface area contributed by atoms with Gasteiger partial charge in [-0.05, 0) is 41.5 Å². The second-order valence-electron chi connectivity index (χ2n) is 6.26. The second kappa shape index (κ2) is 3.82. The summed E-state index contributed by atoms with van der Waals surface area (Å²) in [5.41, 5.74) is -1.23. The van der Waals surface area contributed by atoms with E-state index in [2.05, 4.69) is 0 Å². The largest absolute Gasteiger partial charge is 0.334 e. The highest BCUT2D eigenvalue weighted by atomic mass is 16.2. The first kappa shape index (κ1) is 13.7. The minimum Gasteiger partial charge on any atom is -0.274 e. The number of carbonyl (C=O) groups excluding carboxylic acids is 3. The van der Waals surface area contributed by atoms with Crippen LogP contribution in [-0.4, -0.2) is 38.7 Å². The van der Waals surface area contributed by atoms with Crippen LogP contribution in [0.4, 0.5) is 4.79 Å². The fourth-order valence-corrected chi connectivity index (χ4v) is 1.92. The fraction of sp³-hybridized carbons (Fsp3) is 0.750. The molecule has 0 unspecified atom stereocenters. The molecule has 1 aliphatic rings. The topological polar surface area (TPSA) is 57.7 Å². The Balaban J connectivity index is 3.18. The number of barbiturate groups is 1. The van der Waals surface area contributed by atoms with E-state index in [0.29, 0.717) is 0 Å². The molecule has 0 saturated carbocycles. The van der Waals surface area contributed by atoms with Gasteiger partial charge in [-0.2, -0.15) is 0 Å². The SMILES string of the molecule is CC(C)(C)N1C(=O)CC(=O)N(C(C)(C)C)C1=O. The highest BCUT2D eigenvalue weighted by molar-refractivity contribution is 6.14. The number of nitrogens with zero attached hydrogens (tertiary/aromatic N) is 2. The van der Waals surface area contributed by atoms with E-state index in [-0.39, 0.29) is 6.42 Å². The number of carbonyl (C=O) groups is 3. The monoisotopic (exact) mass is 240 g/mol. The van der Waals surface area contributed by atoms with Crippen LogP contribution in [0.5, 0.6) is 0 Å². The molecular weight excluding hydrogens is 220 g/mol. The molecule has 0 atom stereocenters. The van der Waals surface area contributed by atoms with E-state index in [9.17, 15) is 14.4 Å². The Morgan fingerprint density at radius 1 is 0.765 bits per heavy atom. The summed E-state index contributed by atoms with van der Waals surface area (Å²) in [6.07, 6.45) is -0.236. The molecule has 17 heavy (non-hydrogen) atoms. The third-order valence-corrected chi connectivity index (χ3v) is 2.53. The minimum atomic E-state index is -0.613. The van der Waals surface area contributed by atoms with Crippen LogP contribution in [0.1, 0.15) is 48.0 Å². The molecule has 1 aliphatic heterocycles. The quantitative estimate of drug-likeness (QED) is 0.606. The molecule has 1 saturated heterocycles. The standard InChI is InChI=1S/C12H20N2O3/c1-11(2,3)13-8(15)7-9(16)14(10(13)17)12(4,5)6/h7H2,1-6H3. The van der Waals surface area contributed by atoms with Gasteiger partial charge in [-0.25, -0.2) is 4.79 Å². The summed E-state index contributed by atoms with van der Waals surface area (Å²) in [4.78, 5) is 38.2. The molecule has 96 valence electrons. The molecule has 1 fully saturated rings. The number of hydrogen-bond donors (Lipinski definition) is 0. The molecule has 1 heterocycles. The van der Waals surface area contributed by atoms with Crippen molar-refractivity contribution >= 4 is 17.8 Å². The number of amides is 4. The highest BCUT2D eigenvalue weighted by Crippen LogP contribution is 2.27. The zero-order valence-electron chi connectivity index (χ0n) is 11.3. The lowest BCUT2D eigenvalue weighted by atomic mass is 10.00. The number of urea groups is 1. The van der Waals surface area contributed by atoms with Gasteiger partial charge in [0.2, 0.25) is 11.8 Å². The molecule has 0 aliphatic carbocycles. The predicted octanol–water partition coefficient (Wildman–Crippen LogP) is 1.76. The van der Waals surface area contributed by atoms with Gasteiger partial charge in [-0.3, -0.25) is 19.4 Å². The number of hydrogen-bond acceptors (Lipinski definition) is 3. The summed E-state index contributed by atoms with van der Waals surface area (Å²) in [7, 11) is 0. The molecule has 5 nitrogen and oxygen atoms in total. The average molecular weight is 240 g/mol. The Hall–Kier alpha value is -1.39. The Bertz CT molecular complexity index is 340. The summed E-state index contributed by atoms with van der Waals surface area (Å²) in [5, 5.41) is 0. The summed E-state index contributed by atoms with van der Waals surface area (Å²) >= 11 is 0. The van der Waals surface area contributed by atoms with E-state index in [1.54, 1.807) is 41.5 Å². The first-order chi connectivity index (χ1) is 7.46. The van der Waals surface area contributed by atoms with Crippen LogP contribution < -0.4 is 0 Å². The Labute approximate surface area is 102 Å². The van der Waals surface area contributed by atoms with Gasteiger partial charge in [0.25, 0.3) is 0 Å². The van der Waals surface area contributed by atoms with Gasteiger partial charge < -0.3 is 0 Å². The van der Waals surface area contributed by atoms with Crippen LogP contribution in [0, 0.1) is 0 Å². The highest BCUT2D eigenvalue weighted by Gasteiger charge is 2.46. The van der Waals surface area contributed by atoms with Crippen molar-refractivity contribution in [3.63, 3.8) is 0 Å². The molecule has 0 N–H and O–H groups in total. The van der Waals surface area contributed by atoms with Gasteiger partial charge in [0.15, 0.2) is 0 Å². The Morgan fingerprint density at radius 2 is 1.06 bits per heavy atom. The van der Waals surface area contributed by atoms with Crippen molar-refractivity contribution in [2.75, 3.05) is 0 Å². The molecule has 0 bridgehead atoms. The fourth-order valence-electron chi connectivity index (χ4n) is 1.92. The van der Waals surface area contributed by atoms with Crippen molar-refractivity contribution in [2.24, 2.45) is 0 Å². The van der Waals surface area contributed by atoms with Crippen molar-refractivity contribution in [1.29, 1.82) is 0 Å². The molecule has 0 aromatic heterocycles. The van der Waals surface area contributed by atoms with Crippen molar-refractivity contribution in [3.8, 4) is 0 Å². The van der Waals surface area contributed by atoms with E-state index < -0.39 is 28.9 Å². The number of rotatable bonds is 0. The van der Waals surface area contributed by atoms with Crippen LogP contribution in [0.3, 0.4) is 0 Å². The lowest BCUT2D eigenvalue weighted by Gasteiger charge is -2.44. The van der Waals surface area contributed by atoms with Crippen LogP contribution in [-0.2, 0) is 9.59 Å². The van der Waals surface area contributed by atoms with E-state index in [1.807, 2.05) is 0 Å². The van der Waals surface area contributed by atoms with Crippen LogP contribution >= 0.6 is 0 Å². The zero-order valence-corrected chi connectivity index (χ0v) is 11.3. The zero-order chi connectivity index (χ0) is 13.6. The maximum Gasteiger partial charge on any atom is 0.334 e. The van der Waals surface area contributed by atoms with Crippen molar-refractivity contribution in [3.05, 3.63) is 0 Å². The minimum absolute atomic E-state index is 0.236. The lowest BCUT2D eigenvalue weighted by molar-refractivity contribution is -0.148. The van der Waals surface area contributed by atoms with Gasteiger partial charge in [0.05, 0.1) is 0 Å². The van der Waals surface area contributed by atoms with Crippen molar-refractivity contribution in [1.82, 2.24) is 9.80 Å². The molecular formula is C12H20N2O3. The van der Waals surface area contributed by atoms with Crippen molar-refractivity contribution in [2.45, 2.75) is 59.0 Å². The van der Waals surface area contributed by atoms with E-state index in [0.717, 1.165) is 0 Å². The van der Waals surface area contributed by atoms with Crippen LogP contribution in [0.25, 0.3) is 0 Å². The lowest BCUT2D eigenvalue weighted by Crippen LogP contribution is -2.64. The van der Waals surface area contributed by atoms with Crippen molar-refractivity contribution < 1.29 is 14.4 Å². The Kier molecular flexibility index (Phi) is 3.07. The van der Waals surface area contributed by atoms with E-state index in [1.165, 1.54) is 9.80 Å². The molecule has 4 amide bonds. The van der Waals surface area contributed by atoms with E-state index >= 15 is 0 Å². The molecule has 0 aromatic carbocycles. The first-order valence-corrected chi connectivity index (χ1v) is 5.66. The normalized spacial score (nSPS) is 19.1. The first-order valence-electron chi connectivity index (χ1n) is 5.66. The summed E-state index contributed by atoms with van der Waals surface area (Å²) in [6, 6.07) is -0.522. The third-order valence-electron chi connectivity index (χ3n) is 2.53. The molecule has 1 rings (SSSR count). The summed E-state index contributed by atoms with van der Waals surface area (Å²) < 4.78 is 0. The average Bonchev–Trinajstić information content (AvgIpc) is 1.94.